The highest BCUT2D eigenvalue weighted by Gasteiger charge is 2.27. The van der Waals surface area contributed by atoms with Gasteiger partial charge in [0.2, 0.25) is 10.0 Å². The van der Waals surface area contributed by atoms with Gasteiger partial charge in [-0.05, 0) is 98.9 Å². The van der Waals surface area contributed by atoms with Crippen LogP contribution in [0.25, 0.3) is 0 Å². The second-order valence-electron chi connectivity index (χ2n) is 12.9. The number of unbranched alkanes of at least 4 members (excludes halogenated alkanes) is 1. The first-order valence-electron chi connectivity index (χ1n) is 16.7. The molecule has 0 saturated carbocycles. The number of nitrogens with one attached hydrogen (secondary N) is 1. The van der Waals surface area contributed by atoms with E-state index >= 15 is 0 Å². The zero-order valence-electron chi connectivity index (χ0n) is 28.2. The number of anilines is 1. The number of halogens is 1. The highest BCUT2D eigenvalue weighted by Crippen LogP contribution is 2.37. The van der Waals surface area contributed by atoms with E-state index in [0.29, 0.717) is 30.6 Å². The summed E-state index contributed by atoms with van der Waals surface area (Å²) < 4.78 is 38.9. The van der Waals surface area contributed by atoms with Crippen molar-refractivity contribution in [3.63, 3.8) is 0 Å². The minimum Gasteiger partial charge on any atom is -0.491 e. The highest BCUT2D eigenvalue weighted by atomic mass is 35.5. The van der Waals surface area contributed by atoms with Gasteiger partial charge in [0, 0.05) is 43.3 Å². The predicted octanol–water partition coefficient (Wildman–Crippen LogP) is 7.90. The molecule has 0 aromatic heterocycles. The van der Waals surface area contributed by atoms with Crippen LogP contribution in [0.4, 0.5) is 5.69 Å². The third-order valence-electron chi connectivity index (χ3n) is 9.74. The highest BCUT2D eigenvalue weighted by molar-refractivity contribution is 7.90. The Morgan fingerprint density at radius 2 is 1.82 bits per heavy atom. The summed E-state index contributed by atoms with van der Waals surface area (Å²) in [6.07, 6.45) is 9.03. The van der Waals surface area contributed by atoms with Crippen molar-refractivity contribution in [2.75, 3.05) is 45.4 Å². The zero-order valence-corrected chi connectivity index (χ0v) is 29.8. The fourth-order valence-corrected chi connectivity index (χ4v) is 7.94. The Balaban J connectivity index is 1.63. The Morgan fingerprint density at radius 3 is 2.51 bits per heavy atom. The molecule has 5 atom stereocenters. The quantitative estimate of drug-likeness (QED) is 0.122. The largest absolute Gasteiger partial charge is 0.491 e. The van der Waals surface area contributed by atoms with E-state index in [1.165, 1.54) is 18.2 Å². The van der Waals surface area contributed by atoms with E-state index in [9.17, 15) is 13.2 Å². The van der Waals surface area contributed by atoms with Gasteiger partial charge in [-0.3, -0.25) is 4.79 Å². The van der Waals surface area contributed by atoms with Crippen LogP contribution >= 0.6 is 11.6 Å². The van der Waals surface area contributed by atoms with Crippen molar-refractivity contribution in [1.82, 2.24) is 4.72 Å². The van der Waals surface area contributed by atoms with Gasteiger partial charge in [0.1, 0.15) is 12.0 Å². The van der Waals surface area contributed by atoms with Crippen LogP contribution in [0.3, 0.4) is 0 Å². The molecule has 7 nitrogen and oxygen atoms in total. The van der Waals surface area contributed by atoms with E-state index in [1.54, 1.807) is 14.0 Å². The minimum atomic E-state index is -3.26. The number of hydrogen-bond donors (Lipinski definition) is 1. The Morgan fingerprint density at radius 1 is 1.07 bits per heavy atom. The average molecular weight is 663 g/mol. The van der Waals surface area contributed by atoms with Crippen LogP contribution in [0.1, 0.15) is 100 Å². The fraction of sp³-hybridized carbons (Fsp3) is 0.639. The predicted molar refractivity (Wildman–Crippen MR) is 187 cm³/mol. The van der Waals surface area contributed by atoms with Crippen LogP contribution in [0.2, 0.25) is 5.02 Å². The summed E-state index contributed by atoms with van der Waals surface area (Å²) in [7, 11) is -0.0117. The number of ether oxygens (including phenoxy) is 2. The Hall–Kier alpha value is -2.13. The number of aryl methyl sites for hydroxylation is 1. The average Bonchev–Trinajstić information content (AvgIpc) is 3.21. The van der Waals surface area contributed by atoms with Gasteiger partial charge in [-0.1, -0.05) is 64.1 Å². The minimum absolute atomic E-state index is 0.0934. The van der Waals surface area contributed by atoms with Crippen LogP contribution in [0, 0.1) is 17.8 Å². The van der Waals surface area contributed by atoms with Gasteiger partial charge < -0.3 is 14.4 Å². The number of nitrogens with zero attached hydrogens (tertiary/aromatic N) is 1. The van der Waals surface area contributed by atoms with Crippen molar-refractivity contribution in [2.45, 2.75) is 90.2 Å². The van der Waals surface area contributed by atoms with Crippen molar-refractivity contribution in [1.29, 1.82) is 0 Å². The van der Waals surface area contributed by atoms with E-state index in [-0.39, 0.29) is 11.8 Å². The topological polar surface area (TPSA) is 84.9 Å². The van der Waals surface area contributed by atoms with E-state index < -0.39 is 15.3 Å². The molecule has 5 unspecified atom stereocenters. The Bertz CT molecular complexity index is 1320. The molecule has 0 spiro atoms. The van der Waals surface area contributed by atoms with Gasteiger partial charge in [-0.2, -0.15) is 0 Å². The van der Waals surface area contributed by atoms with Gasteiger partial charge in [-0.25, -0.2) is 13.1 Å². The molecule has 0 bridgehead atoms. The number of fused-ring (bicyclic) bond motifs is 1. The Labute approximate surface area is 277 Å². The van der Waals surface area contributed by atoms with Crippen LogP contribution in [-0.4, -0.2) is 60.4 Å². The van der Waals surface area contributed by atoms with Gasteiger partial charge in [0.05, 0.1) is 17.5 Å². The number of sulfonamides is 1. The molecule has 9 heteroatoms. The van der Waals surface area contributed by atoms with Crippen LogP contribution in [0.15, 0.2) is 36.4 Å². The summed E-state index contributed by atoms with van der Waals surface area (Å²) in [6, 6.07) is 11.9. The molecule has 45 heavy (non-hydrogen) atoms. The number of methoxy groups -OCH3 is 1. The summed E-state index contributed by atoms with van der Waals surface area (Å²) in [6.45, 7) is 11.3. The smallest absolute Gasteiger partial charge is 0.214 e. The number of carbonyl (C=O) groups is 1. The molecule has 0 fully saturated rings. The van der Waals surface area contributed by atoms with Crippen LogP contribution in [0.5, 0.6) is 5.75 Å². The lowest BCUT2D eigenvalue weighted by Gasteiger charge is -2.28. The molecule has 2 aromatic carbocycles. The van der Waals surface area contributed by atoms with E-state index in [0.717, 1.165) is 87.2 Å². The van der Waals surface area contributed by atoms with Gasteiger partial charge in [-0.15, -0.1) is 0 Å². The molecular formula is C36H55ClN2O5S. The summed E-state index contributed by atoms with van der Waals surface area (Å²) in [5.74, 6) is 2.05. The molecule has 0 amide bonds. The maximum absolute atomic E-state index is 12.2. The normalized spacial score (nSPS) is 17.9. The lowest BCUT2D eigenvalue weighted by Crippen LogP contribution is -2.34. The molecule has 1 heterocycles. The third kappa shape index (κ3) is 10.7. The summed E-state index contributed by atoms with van der Waals surface area (Å²) in [5, 5.41) is 0.356. The molecule has 0 aliphatic carbocycles. The van der Waals surface area contributed by atoms with Crippen LogP contribution < -0.4 is 14.4 Å². The summed E-state index contributed by atoms with van der Waals surface area (Å²) >= 11 is 6.38. The van der Waals surface area contributed by atoms with E-state index in [4.69, 9.17) is 21.1 Å². The first-order valence-corrected chi connectivity index (χ1v) is 18.6. The molecule has 0 radical (unpaired) electrons. The molecule has 1 aliphatic heterocycles. The second-order valence-corrected chi connectivity index (χ2v) is 15.6. The van der Waals surface area contributed by atoms with E-state index in [1.807, 2.05) is 31.2 Å². The molecule has 2 aromatic rings. The summed E-state index contributed by atoms with van der Waals surface area (Å²) in [4.78, 5) is 14.1. The number of hydrogen-bond acceptors (Lipinski definition) is 6. The molecule has 0 saturated heterocycles. The van der Waals surface area contributed by atoms with Crippen molar-refractivity contribution >= 4 is 33.6 Å². The Kier molecular flexibility index (Phi) is 15.2. The van der Waals surface area contributed by atoms with Gasteiger partial charge in [0.15, 0.2) is 0 Å². The van der Waals surface area contributed by atoms with Crippen LogP contribution in [-0.2, 0) is 21.2 Å². The number of benzene rings is 2. The van der Waals surface area contributed by atoms with Crippen molar-refractivity contribution < 1.29 is 22.7 Å². The van der Waals surface area contributed by atoms with Crippen molar-refractivity contribution in [3.8, 4) is 5.75 Å². The van der Waals surface area contributed by atoms with Gasteiger partial charge in [0.25, 0.3) is 0 Å². The number of aldehydes is 1. The van der Waals surface area contributed by atoms with E-state index in [2.05, 4.69) is 35.6 Å². The fourth-order valence-electron chi connectivity index (χ4n) is 6.62. The SMILES string of the molecule is CCCc1cc(Cl)ccc1C1COc2ccc(C=O)cc2N(CCCCC(C)C(CCCC(C)C(C)S(=O)(=O)NC)COC)C1. The zero-order chi connectivity index (χ0) is 33.0. The third-order valence-corrected chi connectivity index (χ3v) is 12.0. The first-order chi connectivity index (χ1) is 21.5. The molecule has 1 N–H and O–H groups in total. The number of rotatable bonds is 19. The first kappa shape index (κ1) is 37.3. The van der Waals surface area contributed by atoms with Crippen molar-refractivity contribution in [2.24, 2.45) is 17.8 Å². The maximum atomic E-state index is 12.2. The summed E-state index contributed by atoms with van der Waals surface area (Å²) in [5.41, 5.74) is 4.21. The molecule has 3 rings (SSSR count). The molecule has 1 aliphatic rings. The monoisotopic (exact) mass is 662 g/mol. The van der Waals surface area contributed by atoms with Gasteiger partial charge >= 0.3 is 0 Å². The lowest BCUT2D eigenvalue weighted by molar-refractivity contribution is 0.112. The number of carbonyl (C=O) groups excluding carboxylic acids is 1. The maximum Gasteiger partial charge on any atom is 0.214 e. The molecule has 252 valence electrons. The lowest BCUT2D eigenvalue weighted by atomic mass is 9.85. The second kappa shape index (κ2) is 18.3. The standard InChI is InChI=1S/C36H55ClN2O5S/c1-7-11-30-21-33(37)16-17-34(30)32-22-39(35-20-29(23-40)15-18-36(35)44-25-32)19-9-8-12-27(3)31(24-43-6)14-10-13-26(2)28(4)45(41,42)38-5/h15-18,20-21,23,26-28,31-32,38H,7-14,19,22,24-25H2,1-6H3. The van der Waals surface area contributed by atoms with Crippen molar-refractivity contribution in [3.05, 3.63) is 58.1 Å². The molecular weight excluding hydrogens is 608 g/mol.